The first-order chi connectivity index (χ1) is 10.1. The fourth-order valence-corrected chi connectivity index (χ4v) is 2.69. The monoisotopic (exact) mass is 284 g/mol. The molecule has 110 valence electrons. The second kappa shape index (κ2) is 5.24. The highest BCUT2D eigenvalue weighted by atomic mass is 16.2. The molecule has 1 aliphatic rings. The average molecular weight is 284 g/mol. The Hall–Kier alpha value is -2.30. The average Bonchev–Trinajstić information content (AvgIpc) is 3.12. The van der Waals surface area contributed by atoms with Gasteiger partial charge in [-0.15, -0.1) is 0 Å². The third-order valence-corrected chi connectivity index (χ3v) is 4.07. The zero-order valence-electron chi connectivity index (χ0n) is 12.1. The molecule has 5 heteroatoms. The van der Waals surface area contributed by atoms with Crippen LogP contribution >= 0.6 is 0 Å². The van der Waals surface area contributed by atoms with Gasteiger partial charge in [0.15, 0.2) is 0 Å². The number of nitrogen functional groups attached to an aromatic ring is 1. The molecule has 3 rings (SSSR count). The van der Waals surface area contributed by atoms with E-state index in [0.717, 1.165) is 30.6 Å². The largest absolute Gasteiger partial charge is 0.399 e. The van der Waals surface area contributed by atoms with E-state index >= 15 is 0 Å². The summed E-state index contributed by atoms with van der Waals surface area (Å²) < 4.78 is 1.97. The van der Waals surface area contributed by atoms with Crippen molar-refractivity contribution in [3.63, 3.8) is 0 Å². The summed E-state index contributed by atoms with van der Waals surface area (Å²) in [5.74, 6) is 0.111. The van der Waals surface area contributed by atoms with E-state index in [1.165, 1.54) is 0 Å². The van der Waals surface area contributed by atoms with Gasteiger partial charge in [-0.2, -0.15) is 0 Å². The van der Waals surface area contributed by atoms with Crippen LogP contribution in [0.3, 0.4) is 0 Å². The van der Waals surface area contributed by atoms with Crippen molar-refractivity contribution in [2.45, 2.75) is 37.8 Å². The Bertz CT molecular complexity index is 614. The van der Waals surface area contributed by atoms with Crippen molar-refractivity contribution in [1.82, 2.24) is 14.9 Å². The van der Waals surface area contributed by atoms with E-state index in [1.807, 2.05) is 42.0 Å². The minimum Gasteiger partial charge on any atom is -0.399 e. The highest BCUT2D eigenvalue weighted by molar-refractivity contribution is 5.91. The minimum absolute atomic E-state index is 0.0676. The summed E-state index contributed by atoms with van der Waals surface area (Å²) in [4.78, 5) is 16.6. The number of rotatable bonds is 5. The SMILES string of the molecule is CC(Cn1ccnc1)NC(=O)C1(c2ccc(N)cc2)CC1. The lowest BCUT2D eigenvalue weighted by atomic mass is 9.94. The number of hydrogen-bond acceptors (Lipinski definition) is 3. The highest BCUT2D eigenvalue weighted by Gasteiger charge is 2.51. The molecule has 1 amide bonds. The second-order valence-corrected chi connectivity index (χ2v) is 5.84. The molecule has 1 aromatic heterocycles. The topological polar surface area (TPSA) is 72.9 Å². The Kier molecular flexibility index (Phi) is 3.41. The van der Waals surface area contributed by atoms with Crippen molar-refractivity contribution in [2.24, 2.45) is 0 Å². The third kappa shape index (κ3) is 2.77. The summed E-state index contributed by atoms with van der Waals surface area (Å²) in [6.07, 6.45) is 7.21. The Morgan fingerprint density at radius 3 is 2.71 bits per heavy atom. The zero-order valence-corrected chi connectivity index (χ0v) is 12.1. The summed E-state index contributed by atoms with van der Waals surface area (Å²) in [6, 6.07) is 7.71. The van der Waals surface area contributed by atoms with Crippen LogP contribution in [0.5, 0.6) is 0 Å². The van der Waals surface area contributed by atoms with Crippen LogP contribution in [0.4, 0.5) is 5.69 Å². The Labute approximate surface area is 124 Å². The van der Waals surface area contributed by atoms with Crippen LogP contribution < -0.4 is 11.1 Å². The number of carbonyl (C=O) groups is 1. The number of nitrogens with one attached hydrogen (secondary N) is 1. The predicted octanol–water partition coefficient (Wildman–Crippen LogP) is 1.70. The quantitative estimate of drug-likeness (QED) is 0.821. The van der Waals surface area contributed by atoms with E-state index in [4.69, 9.17) is 5.73 Å². The first-order valence-corrected chi connectivity index (χ1v) is 7.23. The lowest BCUT2D eigenvalue weighted by molar-refractivity contribution is -0.124. The molecule has 1 fully saturated rings. The molecule has 0 radical (unpaired) electrons. The number of carbonyl (C=O) groups excluding carboxylic acids is 1. The van der Waals surface area contributed by atoms with Gasteiger partial charge in [-0.3, -0.25) is 4.79 Å². The molecule has 0 aliphatic heterocycles. The molecular formula is C16H20N4O. The number of imidazole rings is 1. The molecule has 1 atom stereocenters. The van der Waals surface area contributed by atoms with E-state index in [2.05, 4.69) is 10.3 Å². The fraction of sp³-hybridized carbons (Fsp3) is 0.375. The van der Waals surface area contributed by atoms with Crippen LogP contribution in [0.1, 0.15) is 25.3 Å². The number of nitrogens with two attached hydrogens (primary N) is 1. The third-order valence-electron chi connectivity index (χ3n) is 4.07. The van der Waals surface area contributed by atoms with Gasteiger partial charge in [0.25, 0.3) is 0 Å². The normalized spacial score (nSPS) is 17.2. The summed E-state index contributed by atoms with van der Waals surface area (Å²) in [5.41, 5.74) is 7.15. The first kappa shape index (κ1) is 13.7. The summed E-state index contributed by atoms with van der Waals surface area (Å²) in [7, 11) is 0. The van der Waals surface area contributed by atoms with Crippen LogP contribution in [0.2, 0.25) is 0 Å². The number of benzene rings is 1. The summed E-state index contributed by atoms with van der Waals surface area (Å²) in [5, 5.41) is 3.12. The molecule has 21 heavy (non-hydrogen) atoms. The maximum atomic E-state index is 12.6. The molecule has 3 N–H and O–H groups in total. The summed E-state index contributed by atoms with van der Waals surface area (Å²) in [6.45, 7) is 2.74. The molecule has 0 bridgehead atoms. The number of hydrogen-bond donors (Lipinski definition) is 2. The van der Waals surface area contributed by atoms with Crippen LogP contribution in [0.15, 0.2) is 43.0 Å². The van der Waals surface area contributed by atoms with Gasteiger partial charge in [-0.25, -0.2) is 4.98 Å². The standard InChI is InChI=1S/C16H20N4O/c1-12(10-20-9-8-18-11-20)19-15(21)16(6-7-16)13-2-4-14(17)5-3-13/h2-5,8-9,11-12H,6-7,10,17H2,1H3,(H,19,21). The van der Waals surface area contributed by atoms with E-state index in [9.17, 15) is 4.79 Å². The van der Waals surface area contributed by atoms with Gasteiger partial charge in [0.1, 0.15) is 0 Å². The van der Waals surface area contributed by atoms with Crippen molar-refractivity contribution >= 4 is 11.6 Å². The number of aromatic nitrogens is 2. The highest BCUT2D eigenvalue weighted by Crippen LogP contribution is 2.48. The van der Waals surface area contributed by atoms with Crippen molar-refractivity contribution in [3.05, 3.63) is 48.5 Å². The van der Waals surface area contributed by atoms with Crippen molar-refractivity contribution < 1.29 is 4.79 Å². The molecular weight excluding hydrogens is 264 g/mol. The summed E-state index contributed by atoms with van der Waals surface area (Å²) >= 11 is 0. The Balaban J connectivity index is 1.66. The van der Waals surface area contributed by atoms with E-state index in [-0.39, 0.29) is 17.4 Å². The van der Waals surface area contributed by atoms with Crippen LogP contribution in [-0.2, 0) is 16.8 Å². The van der Waals surface area contributed by atoms with E-state index in [0.29, 0.717) is 0 Å². The first-order valence-electron chi connectivity index (χ1n) is 7.23. The molecule has 1 unspecified atom stereocenters. The lowest BCUT2D eigenvalue weighted by Gasteiger charge is -2.20. The Morgan fingerprint density at radius 2 is 2.14 bits per heavy atom. The van der Waals surface area contributed by atoms with Crippen LogP contribution in [0.25, 0.3) is 0 Å². The molecule has 1 heterocycles. The van der Waals surface area contributed by atoms with Gasteiger partial charge in [0, 0.05) is 30.7 Å². The van der Waals surface area contributed by atoms with Gasteiger partial charge in [-0.05, 0) is 37.5 Å². The number of amides is 1. The van der Waals surface area contributed by atoms with Crippen molar-refractivity contribution in [3.8, 4) is 0 Å². The lowest BCUT2D eigenvalue weighted by Crippen LogP contribution is -2.41. The maximum absolute atomic E-state index is 12.6. The number of anilines is 1. The smallest absolute Gasteiger partial charge is 0.230 e. The van der Waals surface area contributed by atoms with Crippen molar-refractivity contribution in [2.75, 3.05) is 5.73 Å². The fourth-order valence-electron chi connectivity index (χ4n) is 2.69. The van der Waals surface area contributed by atoms with Gasteiger partial charge in [-0.1, -0.05) is 12.1 Å². The Morgan fingerprint density at radius 1 is 1.43 bits per heavy atom. The minimum atomic E-state index is -0.350. The van der Waals surface area contributed by atoms with Gasteiger partial charge < -0.3 is 15.6 Å². The molecule has 1 aromatic carbocycles. The van der Waals surface area contributed by atoms with Crippen molar-refractivity contribution in [1.29, 1.82) is 0 Å². The van der Waals surface area contributed by atoms with Gasteiger partial charge >= 0.3 is 0 Å². The van der Waals surface area contributed by atoms with Crippen LogP contribution in [0, 0.1) is 0 Å². The molecule has 0 spiro atoms. The molecule has 5 nitrogen and oxygen atoms in total. The van der Waals surface area contributed by atoms with Crippen LogP contribution in [-0.4, -0.2) is 21.5 Å². The zero-order chi connectivity index (χ0) is 14.9. The molecule has 0 saturated heterocycles. The second-order valence-electron chi connectivity index (χ2n) is 5.84. The maximum Gasteiger partial charge on any atom is 0.230 e. The van der Waals surface area contributed by atoms with Gasteiger partial charge in [0.05, 0.1) is 11.7 Å². The molecule has 1 saturated carbocycles. The van der Waals surface area contributed by atoms with E-state index < -0.39 is 0 Å². The predicted molar refractivity (Wildman–Crippen MR) is 81.6 cm³/mol. The number of nitrogens with zero attached hydrogens (tertiary/aromatic N) is 2. The van der Waals surface area contributed by atoms with E-state index in [1.54, 1.807) is 12.5 Å². The van der Waals surface area contributed by atoms with Gasteiger partial charge in [0.2, 0.25) is 5.91 Å². The molecule has 2 aromatic rings. The molecule has 1 aliphatic carbocycles.